The summed E-state index contributed by atoms with van der Waals surface area (Å²) in [5.41, 5.74) is 2.35. The third kappa shape index (κ3) is 0.309. The van der Waals surface area contributed by atoms with Gasteiger partial charge >= 0.3 is 0 Å². The van der Waals surface area contributed by atoms with E-state index in [1.54, 1.807) is 5.57 Å². The monoisotopic (exact) mass is 120 g/mol. The minimum Gasteiger partial charge on any atom is -0.0990 e. The molecule has 3 fully saturated rings. The van der Waals surface area contributed by atoms with E-state index in [9.17, 15) is 0 Å². The summed E-state index contributed by atoms with van der Waals surface area (Å²) >= 11 is 0. The minimum atomic E-state index is 0.741. The number of fused-ring (bicyclic) bond motifs is 1. The van der Waals surface area contributed by atoms with Gasteiger partial charge in [-0.05, 0) is 42.9 Å². The Morgan fingerprint density at radius 3 is 2.89 bits per heavy atom. The van der Waals surface area contributed by atoms with Crippen LogP contribution in [-0.2, 0) is 0 Å². The first-order chi connectivity index (χ1) is 4.33. The molecule has 0 radical (unpaired) electrons. The summed E-state index contributed by atoms with van der Waals surface area (Å²) in [4.78, 5) is 0. The van der Waals surface area contributed by atoms with E-state index >= 15 is 0 Å². The topological polar surface area (TPSA) is 0 Å². The number of allylic oxidation sites excluding steroid dienone is 1. The lowest BCUT2D eigenvalue weighted by Gasteiger charge is -2.03. The molecule has 0 aromatic rings. The predicted octanol–water partition coefficient (Wildman–Crippen LogP) is 2.36. The molecule has 48 valence electrons. The fourth-order valence-corrected chi connectivity index (χ4v) is 3.26. The molecular formula is C9H12. The average Bonchev–Trinajstić information content (AvgIpc) is 2.39. The molecule has 0 N–H and O–H groups in total. The molecule has 0 heteroatoms. The SMILES string of the molecule is C=C1C2CC3CCC12C3. The normalized spacial score (nSPS) is 60.2. The van der Waals surface area contributed by atoms with Crippen LogP contribution in [0, 0.1) is 17.3 Å². The maximum Gasteiger partial charge on any atom is -0.00194 e. The maximum atomic E-state index is 4.12. The van der Waals surface area contributed by atoms with Crippen LogP contribution >= 0.6 is 0 Å². The molecule has 3 rings (SSSR count). The summed E-state index contributed by atoms with van der Waals surface area (Å²) in [6, 6.07) is 0. The maximum absolute atomic E-state index is 4.12. The van der Waals surface area contributed by atoms with Crippen molar-refractivity contribution in [2.45, 2.75) is 25.7 Å². The van der Waals surface area contributed by atoms with E-state index in [2.05, 4.69) is 6.58 Å². The zero-order valence-corrected chi connectivity index (χ0v) is 5.69. The summed E-state index contributed by atoms with van der Waals surface area (Å²) in [7, 11) is 0. The standard InChI is InChI=1S/C9H12/c1-6-8-4-7-2-3-9(6,8)5-7/h7-8H,1-5H2. The van der Waals surface area contributed by atoms with Gasteiger partial charge in [0.25, 0.3) is 0 Å². The molecule has 2 bridgehead atoms. The van der Waals surface area contributed by atoms with Gasteiger partial charge in [-0.25, -0.2) is 0 Å². The molecule has 0 heterocycles. The Morgan fingerprint density at radius 2 is 2.44 bits per heavy atom. The van der Waals surface area contributed by atoms with E-state index in [1.807, 2.05) is 0 Å². The van der Waals surface area contributed by atoms with Crippen LogP contribution in [0.3, 0.4) is 0 Å². The van der Waals surface area contributed by atoms with Crippen LogP contribution < -0.4 is 0 Å². The molecule has 0 amide bonds. The van der Waals surface area contributed by atoms with E-state index in [1.165, 1.54) is 25.7 Å². The molecule has 3 aliphatic rings. The molecule has 0 aromatic heterocycles. The van der Waals surface area contributed by atoms with E-state index < -0.39 is 0 Å². The van der Waals surface area contributed by atoms with Crippen molar-refractivity contribution in [3.8, 4) is 0 Å². The lowest BCUT2D eigenvalue weighted by molar-refractivity contribution is 0.468. The molecule has 3 aliphatic carbocycles. The molecule has 3 unspecified atom stereocenters. The van der Waals surface area contributed by atoms with E-state index in [-0.39, 0.29) is 0 Å². The van der Waals surface area contributed by atoms with Gasteiger partial charge in [-0.1, -0.05) is 12.2 Å². The average molecular weight is 120 g/mol. The highest BCUT2D eigenvalue weighted by Gasteiger charge is 2.66. The molecule has 0 saturated heterocycles. The summed E-state index contributed by atoms with van der Waals surface area (Å²) in [6.45, 7) is 4.12. The van der Waals surface area contributed by atoms with Gasteiger partial charge < -0.3 is 0 Å². The highest BCUT2D eigenvalue weighted by molar-refractivity contribution is 5.40. The van der Waals surface area contributed by atoms with Crippen molar-refractivity contribution in [1.82, 2.24) is 0 Å². The minimum absolute atomic E-state index is 0.741. The van der Waals surface area contributed by atoms with E-state index in [4.69, 9.17) is 0 Å². The molecular weight excluding hydrogens is 108 g/mol. The third-order valence-electron chi connectivity index (χ3n) is 3.86. The van der Waals surface area contributed by atoms with Crippen molar-refractivity contribution in [2.24, 2.45) is 17.3 Å². The van der Waals surface area contributed by atoms with E-state index in [0.717, 1.165) is 17.3 Å². The zero-order chi connectivity index (χ0) is 6.06. The quantitative estimate of drug-likeness (QED) is 0.430. The van der Waals surface area contributed by atoms with E-state index in [0.29, 0.717) is 0 Å². The van der Waals surface area contributed by atoms with Crippen molar-refractivity contribution in [1.29, 1.82) is 0 Å². The van der Waals surface area contributed by atoms with Crippen molar-refractivity contribution >= 4 is 0 Å². The van der Waals surface area contributed by atoms with Gasteiger partial charge in [0.1, 0.15) is 0 Å². The first-order valence-electron chi connectivity index (χ1n) is 4.02. The Morgan fingerprint density at radius 1 is 1.56 bits per heavy atom. The first-order valence-corrected chi connectivity index (χ1v) is 4.02. The Labute approximate surface area is 56.0 Å². The molecule has 0 aromatic carbocycles. The molecule has 3 atom stereocenters. The second-order valence-corrected chi connectivity index (χ2v) is 4.08. The van der Waals surface area contributed by atoms with Crippen LogP contribution in [0.4, 0.5) is 0 Å². The fourth-order valence-electron chi connectivity index (χ4n) is 3.26. The van der Waals surface area contributed by atoms with Gasteiger partial charge in [-0.3, -0.25) is 0 Å². The van der Waals surface area contributed by atoms with Crippen molar-refractivity contribution in [2.75, 3.05) is 0 Å². The second-order valence-electron chi connectivity index (χ2n) is 4.08. The Bertz CT molecular complexity index is 192. The number of hydrogen-bond donors (Lipinski definition) is 0. The molecule has 9 heavy (non-hydrogen) atoms. The number of hydrogen-bond acceptors (Lipinski definition) is 0. The Kier molecular flexibility index (Phi) is 0.505. The third-order valence-corrected chi connectivity index (χ3v) is 3.86. The highest BCUT2D eigenvalue weighted by atomic mass is 14.7. The van der Waals surface area contributed by atoms with Crippen LogP contribution in [0.15, 0.2) is 12.2 Å². The van der Waals surface area contributed by atoms with Gasteiger partial charge in [-0.2, -0.15) is 0 Å². The molecule has 0 aliphatic heterocycles. The summed E-state index contributed by atoms with van der Waals surface area (Å²) in [5.74, 6) is 2.11. The molecule has 3 saturated carbocycles. The predicted molar refractivity (Wildman–Crippen MR) is 37.0 cm³/mol. The zero-order valence-electron chi connectivity index (χ0n) is 5.69. The van der Waals surface area contributed by atoms with Gasteiger partial charge in [0.15, 0.2) is 0 Å². The van der Waals surface area contributed by atoms with Crippen LogP contribution in [0.5, 0.6) is 0 Å². The highest BCUT2D eigenvalue weighted by Crippen LogP contribution is 2.76. The lowest BCUT2D eigenvalue weighted by atomic mass is 10.0. The van der Waals surface area contributed by atoms with Crippen molar-refractivity contribution < 1.29 is 0 Å². The Hall–Kier alpha value is -0.260. The second kappa shape index (κ2) is 1.00. The molecule has 0 nitrogen and oxygen atoms in total. The number of rotatable bonds is 0. The van der Waals surface area contributed by atoms with Crippen molar-refractivity contribution in [3.05, 3.63) is 12.2 Å². The van der Waals surface area contributed by atoms with Crippen LogP contribution in [-0.4, -0.2) is 0 Å². The summed E-state index contributed by atoms with van der Waals surface area (Å²) in [5, 5.41) is 0. The van der Waals surface area contributed by atoms with Gasteiger partial charge in [-0.15, -0.1) is 0 Å². The Balaban J connectivity index is 2.10. The van der Waals surface area contributed by atoms with Crippen LogP contribution in [0.25, 0.3) is 0 Å². The smallest absolute Gasteiger partial charge is 0.00194 e. The lowest BCUT2D eigenvalue weighted by Crippen LogP contribution is -1.93. The van der Waals surface area contributed by atoms with Crippen LogP contribution in [0.2, 0.25) is 0 Å². The van der Waals surface area contributed by atoms with Gasteiger partial charge in [0.2, 0.25) is 0 Å². The van der Waals surface area contributed by atoms with Gasteiger partial charge in [0, 0.05) is 0 Å². The first kappa shape index (κ1) is 4.54. The van der Waals surface area contributed by atoms with Crippen LogP contribution in [0.1, 0.15) is 25.7 Å². The summed E-state index contributed by atoms with van der Waals surface area (Å²) in [6.07, 6.45) is 6.01. The van der Waals surface area contributed by atoms with Crippen molar-refractivity contribution in [3.63, 3.8) is 0 Å². The fraction of sp³-hybridized carbons (Fsp3) is 0.778. The summed E-state index contributed by atoms with van der Waals surface area (Å²) < 4.78 is 0. The molecule has 1 spiro atoms. The van der Waals surface area contributed by atoms with Gasteiger partial charge in [0.05, 0.1) is 0 Å². The largest absolute Gasteiger partial charge is 0.0990 e.